The van der Waals surface area contributed by atoms with Crippen LogP contribution < -0.4 is 0 Å². The molecule has 0 aliphatic carbocycles. The summed E-state index contributed by atoms with van der Waals surface area (Å²) in [7, 11) is 0. The van der Waals surface area contributed by atoms with E-state index in [0.717, 1.165) is 10.9 Å². The van der Waals surface area contributed by atoms with Gasteiger partial charge in [-0.05, 0) is 40.9 Å². The summed E-state index contributed by atoms with van der Waals surface area (Å²) in [6.45, 7) is 2.02. The lowest BCUT2D eigenvalue weighted by Gasteiger charge is -2.15. The van der Waals surface area contributed by atoms with Gasteiger partial charge in [0.05, 0.1) is 0 Å². The predicted octanol–water partition coefficient (Wildman–Crippen LogP) is 3.75. The number of carboxylic acids is 1. The molecule has 0 saturated heterocycles. The van der Waals surface area contributed by atoms with E-state index in [-0.39, 0.29) is 6.04 Å². The normalized spacial score (nSPS) is 12.3. The van der Waals surface area contributed by atoms with E-state index in [1.165, 1.54) is 5.56 Å². The number of aromatic carboxylic acids is 1. The molecule has 1 aromatic carbocycles. The van der Waals surface area contributed by atoms with Crippen LogP contribution in [0, 0.1) is 0 Å². The Bertz CT molecular complexity index is 548. The van der Waals surface area contributed by atoms with Crippen molar-refractivity contribution in [2.24, 2.45) is 0 Å². The Balaban J connectivity index is 2.23. The number of carbonyl (C=O) groups is 1. The predicted molar refractivity (Wildman–Crippen MR) is 73.9 cm³/mol. The number of aromatic nitrogens is 1. The molecule has 3 nitrogen and oxygen atoms in total. The van der Waals surface area contributed by atoms with Crippen LogP contribution in [0.5, 0.6) is 0 Å². The summed E-state index contributed by atoms with van der Waals surface area (Å²) in [6.07, 6.45) is 2.62. The second kappa shape index (κ2) is 5.40. The number of rotatable bonds is 4. The van der Waals surface area contributed by atoms with Gasteiger partial charge in [-0.3, -0.25) is 0 Å². The summed E-state index contributed by atoms with van der Waals surface area (Å²) in [5.74, 6) is -0.902. The quantitative estimate of drug-likeness (QED) is 0.934. The first-order valence-corrected chi connectivity index (χ1v) is 6.52. The van der Waals surface area contributed by atoms with Crippen LogP contribution >= 0.6 is 15.9 Å². The summed E-state index contributed by atoms with van der Waals surface area (Å²) in [5, 5.41) is 9.15. The first kappa shape index (κ1) is 12.9. The lowest BCUT2D eigenvalue weighted by atomic mass is 10.1. The van der Waals surface area contributed by atoms with Gasteiger partial charge in [0.25, 0.3) is 0 Å². The number of benzene rings is 1. The molecule has 1 atom stereocenters. The fraction of sp³-hybridized carbons (Fsp3) is 0.214. The SMILES string of the molecule is CC(Cc1ccccc1)n1cc(Br)cc1C(=O)O. The molecule has 18 heavy (non-hydrogen) atoms. The third kappa shape index (κ3) is 2.82. The molecule has 94 valence electrons. The fourth-order valence-electron chi connectivity index (χ4n) is 2.04. The van der Waals surface area contributed by atoms with E-state index in [1.807, 2.05) is 31.3 Å². The van der Waals surface area contributed by atoms with Gasteiger partial charge in [0.1, 0.15) is 5.69 Å². The van der Waals surface area contributed by atoms with E-state index in [2.05, 4.69) is 28.1 Å². The van der Waals surface area contributed by atoms with Crippen LogP contribution in [0.3, 0.4) is 0 Å². The molecule has 0 bridgehead atoms. The van der Waals surface area contributed by atoms with Crippen molar-refractivity contribution in [3.8, 4) is 0 Å². The van der Waals surface area contributed by atoms with Gasteiger partial charge >= 0.3 is 5.97 Å². The average Bonchev–Trinajstić information content (AvgIpc) is 2.73. The van der Waals surface area contributed by atoms with Crippen molar-refractivity contribution in [1.82, 2.24) is 4.57 Å². The van der Waals surface area contributed by atoms with Crippen molar-refractivity contribution in [2.45, 2.75) is 19.4 Å². The van der Waals surface area contributed by atoms with E-state index in [9.17, 15) is 4.79 Å². The number of hydrogen-bond acceptors (Lipinski definition) is 1. The van der Waals surface area contributed by atoms with Gasteiger partial charge in [-0.25, -0.2) is 4.79 Å². The Morgan fingerprint density at radius 3 is 2.67 bits per heavy atom. The highest BCUT2D eigenvalue weighted by atomic mass is 79.9. The third-order valence-corrected chi connectivity index (χ3v) is 3.32. The first-order valence-electron chi connectivity index (χ1n) is 5.72. The second-order valence-corrected chi connectivity index (χ2v) is 5.21. The zero-order valence-electron chi connectivity index (χ0n) is 10.0. The second-order valence-electron chi connectivity index (χ2n) is 4.29. The van der Waals surface area contributed by atoms with Gasteiger partial charge in [-0.15, -0.1) is 0 Å². The number of halogens is 1. The zero-order valence-corrected chi connectivity index (χ0v) is 11.6. The van der Waals surface area contributed by atoms with Crippen molar-refractivity contribution >= 4 is 21.9 Å². The lowest BCUT2D eigenvalue weighted by Crippen LogP contribution is -2.13. The molecule has 0 spiro atoms. The Morgan fingerprint density at radius 1 is 1.39 bits per heavy atom. The standard InChI is InChI=1S/C14H14BrNO2/c1-10(7-11-5-3-2-4-6-11)16-9-12(15)8-13(16)14(17)18/h2-6,8-10H,7H2,1H3,(H,17,18). The number of carboxylic acid groups (broad SMARTS) is 1. The van der Waals surface area contributed by atoms with E-state index in [0.29, 0.717) is 5.69 Å². The molecule has 1 heterocycles. The average molecular weight is 308 g/mol. The van der Waals surface area contributed by atoms with Crippen LogP contribution in [0.25, 0.3) is 0 Å². The molecule has 1 unspecified atom stereocenters. The Kier molecular flexibility index (Phi) is 3.87. The summed E-state index contributed by atoms with van der Waals surface area (Å²) < 4.78 is 2.58. The van der Waals surface area contributed by atoms with Gasteiger partial charge < -0.3 is 9.67 Å². The minimum atomic E-state index is -0.902. The molecule has 0 fully saturated rings. The molecule has 2 rings (SSSR count). The number of hydrogen-bond donors (Lipinski definition) is 1. The summed E-state index contributed by atoms with van der Waals surface area (Å²) >= 11 is 3.32. The van der Waals surface area contributed by atoms with Crippen molar-refractivity contribution < 1.29 is 9.90 Å². The fourth-order valence-corrected chi connectivity index (χ4v) is 2.47. The smallest absolute Gasteiger partial charge is 0.352 e. The molecule has 1 N–H and O–H groups in total. The zero-order chi connectivity index (χ0) is 13.1. The Morgan fingerprint density at radius 2 is 2.06 bits per heavy atom. The highest BCUT2D eigenvalue weighted by molar-refractivity contribution is 9.10. The van der Waals surface area contributed by atoms with E-state index >= 15 is 0 Å². The molecule has 0 amide bonds. The van der Waals surface area contributed by atoms with E-state index in [1.54, 1.807) is 10.6 Å². The van der Waals surface area contributed by atoms with Crippen molar-refractivity contribution in [3.05, 3.63) is 58.3 Å². The minimum absolute atomic E-state index is 0.102. The van der Waals surface area contributed by atoms with Gasteiger partial charge in [0.15, 0.2) is 0 Å². The molecule has 0 radical (unpaired) electrons. The molecule has 2 aromatic rings. The molecule has 0 aliphatic heterocycles. The van der Waals surface area contributed by atoms with Gasteiger partial charge in [-0.2, -0.15) is 0 Å². The highest BCUT2D eigenvalue weighted by Crippen LogP contribution is 2.22. The Labute approximate surface area is 114 Å². The lowest BCUT2D eigenvalue weighted by molar-refractivity contribution is 0.0683. The largest absolute Gasteiger partial charge is 0.477 e. The number of nitrogens with zero attached hydrogens (tertiary/aromatic N) is 1. The third-order valence-electron chi connectivity index (χ3n) is 2.88. The summed E-state index contributed by atoms with van der Waals surface area (Å²) in [4.78, 5) is 11.2. The maximum atomic E-state index is 11.2. The van der Waals surface area contributed by atoms with Gasteiger partial charge in [-0.1, -0.05) is 30.3 Å². The van der Waals surface area contributed by atoms with Crippen LogP contribution in [-0.2, 0) is 6.42 Å². The van der Waals surface area contributed by atoms with E-state index < -0.39 is 5.97 Å². The first-order chi connectivity index (χ1) is 8.58. The van der Waals surface area contributed by atoms with Crippen molar-refractivity contribution in [2.75, 3.05) is 0 Å². The van der Waals surface area contributed by atoms with Crippen LogP contribution in [0.4, 0.5) is 0 Å². The Hall–Kier alpha value is -1.55. The molecule has 1 aromatic heterocycles. The maximum absolute atomic E-state index is 11.2. The molecular weight excluding hydrogens is 294 g/mol. The summed E-state index contributed by atoms with van der Waals surface area (Å²) in [5.41, 5.74) is 1.51. The molecular formula is C14H14BrNO2. The van der Waals surface area contributed by atoms with Crippen molar-refractivity contribution in [1.29, 1.82) is 0 Å². The molecule has 4 heteroatoms. The van der Waals surface area contributed by atoms with Crippen LogP contribution in [0.1, 0.15) is 29.0 Å². The van der Waals surface area contributed by atoms with Crippen LogP contribution in [0.2, 0.25) is 0 Å². The molecule has 0 saturated carbocycles. The van der Waals surface area contributed by atoms with Gasteiger partial charge in [0.2, 0.25) is 0 Å². The van der Waals surface area contributed by atoms with Crippen LogP contribution in [-0.4, -0.2) is 15.6 Å². The topological polar surface area (TPSA) is 42.2 Å². The highest BCUT2D eigenvalue weighted by Gasteiger charge is 2.16. The van der Waals surface area contributed by atoms with Gasteiger partial charge in [0, 0.05) is 16.7 Å². The van der Waals surface area contributed by atoms with E-state index in [4.69, 9.17) is 5.11 Å². The monoisotopic (exact) mass is 307 g/mol. The molecule has 0 aliphatic rings. The summed E-state index contributed by atoms with van der Waals surface area (Å²) in [6, 6.07) is 11.8. The van der Waals surface area contributed by atoms with Crippen molar-refractivity contribution in [3.63, 3.8) is 0 Å². The minimum Gasteiger partial charge on any atom is -0.477 e. The maximum Gasteiger partial charge on any atom is 0.352 e. The van der Waals surface area contributed by atoms with Crippen LogP contribution in [0.15, 0.2) is 47.1 Å².